The van der Waals surface area contributed by atoms with E-state index >= 15 is 0 Å². The normalized spacial score (nSPS) is 12.8. The molecule has 5 nitrogen and oxygen atoms in total. The van der Waals surface area contributed by atoms with Crippen LogP contribution in [0.4, 0.5) is 5.69 Å². The molecule has 0 aliphatic rings. The summed E-state index contributed by atoms with van der Waals surface area (Å²) in [5.74, 6) is 1.04. The van der Waals surface area contributed by atoms with Gasteiger partial charge in [0.1, 0.15) is 17.4 Å². The predicted octanol–water partition coefficient (Wildman–Crippen LogP) is 3.08. The van der Waals surface area contributed by atoms with Gasteiger partial charge < -0.3 is 15.0 Å². The number of hydrogen-bond donors (Lipinski definition) is 1. The fourth-order valence-corrected chi connectivity index (χ4v) is 2.36. The maximum Gasteiger partial charge on any atom is 0.328 e. The first-order valence-electron chi connectivity index (χ1n) is 7.31. The third-order valence-electron chi connectivity index (χ3n) is 3.60. The highest BCUT2D eigenvalue weighted by molar-refractivity contribution is 5.89. The number of nitrogen functional groups attached to an aromatic ring is 1. The molecule has 2 N–H and O–H groups in total. The molecule has 0 aliphatic carbocycles. The van der Waals surface area contributed by atoms with Gasteiger partial charge in [-0.3, -0.25) is 0 Å². The van der Waals surface area contributed by atoms with Crippen LogP contribution in [0.5, 0.6) is 0 Å². The van der Waals surface area contributed by atoms with E-state index in [2.05, 4.69) is 18.8 Å². The van der Waals surface area contributed by atoms with Crippen molar-refractivity contribution in [1.82, 2.24) is 9.55 Å². The molecule has 0 aliphatic heterocycles. The number of carbonyl (C=O) groups is 1. The van der Waals surface area contributed by atoms with E-state index in [-0.39, 0.29) is 5.97 Å². The first-order chi connectivity index (χ1) is 9.91. The van der Waals surface area contributed by atoms with Gasteiger partial charge in [0.2, 0.25) is 0 Å². The van der Waals surface area contributed by atoms with Gasteiger partial charge in [-0.25, -0.2) is 9.78 Å². The standard InChI is InChI=1S/C16H23N3O2/c1-10(2)8-9-21-16(20)11(3)19-12(4)18-15-13(17)6-5-7-14(15)19/h5-7,10-11H,8-9,17H2,1-4H3. The van der Waals surface area contributed by atoms with Crippen LogP contribution in [0.3, 0.4) is 0 Å². The van der Waals surface area contributed by atoms with Crippen molar-refractivity contribution in [2.75, 3.05) is 12.3 Å². The van der Waals surface area contributed by atoms with E-state index in [4.69, 9.17) is 10.5 Å². The minimum Gasteiger partial charge on any atom is -0.464 e. The van der Waals surface area contributed by atoms with Gasteiger partial charge in [0.25, 0.3) is 0 Å². The molecule has 0 bridgehead atoms. The quantitative estimate of drug-likeness (QED) is 0.678. The minimum absolute atomic E-state index is 0.236. The summed E-state index contributed by atoms with van der Waals surface area (Å²) in [5, 5.41) is 0. The number of imidazole rings is 1. The molecule has 1 atom stereocenters. The van der Waals surface area contributed by atoms with Gasteiger partial charge in [-0.05, 0) is 38.3 Å². The molecular weight excluding hydrogens is 266 g/mol. The van der Waals surface area contributed by atoms with Crippen LogP contribution in [-0.4, -0.2) is 22.1 Å². The van der Waals surface area contributed by atoms with Crippen LogP contribution in [0.1, 0.15) is 39.1 Å². The summed E-state index contributed by atoms with van der Waals surface area (Å²) < 4.78 is 7.23. The van der Waals surface area contributed by atoms with E-state index in [0.29, 0.717) is 18.2 Å². The topological polar surface area (TPSA) is 70.1 Å². The maximum absolute atomic E-state index is 12.2. The van der Waals surface area contributed by atoms with Crippen molar-refractivity contribution in [2.45, 2.75) is 40.2 Å². The van der Waals surface area contributed by atoms with E-state index in [0.717, 1.165) is 23.3 Å². The summed E-state index contributed by atoms with van der Waals surface area (Å²) in [6.07, 6.45) is 0.870. The van der Waals surface area contributed by atoms with E-state index in [9.17, 15) is 4.79 Å². The molecule has 0 spiro atoms. The molecule has 21 heavy (non-hydrogen) atoms. The SMILES string of the molecule is Cc1nc2c(N)cccc2n1C(C)C(=O)OCCC(C)C. The largest absolute Gasteiger partial charge is 0.464 e. The molecule has 2 rings (SSSR count). The van der Waals surface area contributed by atoms with Crippen LogP contribution in [0.15, 0.2) is 18.2 Å². The number of aryl methyl sites for hydroxylation is 1. The third-order valence-corrected chi connectivity index (χ3v) is 3.60. The summed E-state index contributed by atoms with van der Waals surface area (Å²) in [4.78, 5) is 16.7. The number of hydrogen-bond acceptors (Lipinski definition) is 4. The van der Waals surface area contributed by atoms with Gasteiger partial charge in [0.05, 0.1) is 17.8 Å². The smallest absolute Gasteiger partial charge is 0.328 e. The van der Waals surface area contributed by atoms with Crippen LogP contribution in [-0.2, 0) is 9.53 Å². The Morgan fingerprint density at radius 2 is 2.10 bits per heavy atom. The first-order valence-corrected chi connectivity index (χ1v) is 7.31. The van der Waals surface area contributed by atoms with Crippen LogP contribution in [0, 0.1) is 12.8 Å². The van der Waals surface area contributed by atoms with Crippen molar-refractivity contribution in [3.8, 4) is 0 Å². The Bertz CT molecular complexity index is 646. The molecule has 2 aromatic rings. The Morgan fingerprint density at radius 1 is 1.38 bits per heavy atom. The molecular formula is C16H23N3O2. The minimum atomic E-state index is -0.413. The van der Waals surface area contributed by atoms with Gasteiger partial charge in [-0.2, -0.15) is 0 Å². The Kier molecular flexibility index (Phi) is 4.50. The van der Waals surface area contributed by atoms with Crippen molar-refractivity contribution in [3.63, 3.8) is 0 Å². The number of ether oxygens (including phenoxy) is 1. The van der Waals surface area contributed by atoms with Gasteiger partial charge in [0, 0.05) is 0 Å². The Morgan fingerprint density at radius 3 is 2.76 bits per heavy atom. The molecule has 0 saturated carbocycles. The summed E-state index contributed by atoms with van der Waals surface area (Å²) in [6.45, 7) is 8.36. The van der Waals surface area contributed by atoms with E-state index in [1.165, 1.54) is 0 Å². The van der Waals surface area contributed by atoms with Crippen molar-refractivity contribution in [3.05, 3.63) is 24.0 Å². The highest BCUT2D eigenvalue weighted by Gasteiger charge is 2.21. The van der Waals surface area contributed by atoms with Crippen LogP contribution < -0.4 is 5.73 Å². The van der Waals surface area contributed by atoms with E-state index in [1.807, 2.05) is 36.6 Å². The number of nitrogens with two attached hydrogens (primary N) is 1. The number of nitrogens with zero attached hydrogens (tertiary/aromatic N) is 2. The van der Waals surface area contributed by atoms with Gasteiger partial charge in [-0.1, -0.05) is 19.9 Å². The van der Waals surface area contributed by atoms with Gasteiger partial charge in [0.15, 0.2) is 0 Å². The lowest BCUT2D eigenvalue weighted by atomic mass is 10.1. The fourth-order valence-electron chi connectivity index (χ4n) is 2.36. The fraction of sp³-hybridized carbons (Fsp3) is 0.500. The second-order valence-electron chi connectivity index (χ2n) is 5.77. The molecule has 0 amide bonds. The number of anilines is 1. The first kappa shape index (κ1) is 15.4. The number of para-hydroxylation sites is 1. The average molecular weight is 289 g/mol. The summed E-state index contributed by atoms with van der Waals surface area (Å²) in [7, 11) is 0. The summed E-state index contributed by atoms with van der Waals surface area (Å²) in [5.41, 5.74) is 8.15. The number of benzene rings is 1. The van der Waals surface area contributed by atoms with Crippen LogP contribution in [0.2, 0.25) is 0 Å². The molecule has 0 radical (unpaired) electrons. The second-order valence-corrected chi connectivity index (χ2v) is 5.77. The molecule has 1 aromatic heterocycles. The summed E-state index contributed by atoms with van der Waals surface area (Å²) >= 11 is 0. The molecule has 114 valence electrons. The predicted molar refractivity (Wildman–Crippen MR) is 84.0 cm³/mol. The zero-order valence-corrected chi connectivity index (χ0v) is 13.1. The third kappa shape index (κ3) is 3.17. The number of rotatable bonds is 5. The highest BCUT2D eigenvalue weighted by atomic mass is 16.5. The average Bonchev–Trinajstić information content (AvgIpc) is 2.75. The van der Waals surface area contributed by atoms with Crippen molar-refractivity contribution >= 4 is 22.7 Å². The molecule has 1 aromatic carbocycles. The number of aromatic nitrogens is 2. The number of carbonyl (C=O) groups excluding carboxylic acids is 1. The maximum atomic E-state index is 12.2. The van der Waals surface area contributed by atoms with Gasteiger partial charge in [-0.15, -0.1) is 0 Å². The zero-order chi connectivity index (χ0) is 15.6. The van der Waals surface area contributed by atoms with Gasteiger partial charge >= 0.3 is 5.97 Å². The molecule has 1 unspecified atom stereocenters. The Balaban J connectivity index is 2.23. The highest BCUT2D eigenvalue weighted by Crippen LogP contribution is 2.25. The zero-order valence-electron chi connectivity index (χ0n) is 13.1. The lowest BCUT2D eigenvalue weighted by Crippen LogP contribution is -2.21. The monoisotopic (exact) mass is 289 g/mol. The number of esters is 1. The second kappa shape index (κ2) is 6.16. The van der Waals surface area contributed by atoms with Crippen LogP contribution in [0.25, 0.3) is 11.0 Å². The molecule has 5 heteroatoms. The van der Waals surface area contributed by atoms with Crippen LogP contribution >= 0.6 is 0 Å². The summed E-state index contributed by atoms with van der Waals surface area (Å²) in [6, 6.07) is 5.18. The van der Waals surface area contributed by atoms with E-state index < -0.39 is 6.04 Å². The lowest BCUT2D eigenvalue weighted by molar-refractivity contribution is -0.147. The Hall–Kier alpha value is -2.04. The van der Waals surface area contributed by atoms with Crippen molar-refractivity contribution in [1.29, 1.82) is 0 Å². The number of fused-ring (bicyclic) bond motifs is 1. The van der Waals surface area contributed by atoms with E-state index in [1.54, 1.807) is 0 Å². The van der Waals surface area contributed by atoms with Crippen molar-refractivity contribution < 1.29 is 9.53 Å². The molecule has 0 fully saturated rings. The molecule has 1 heterocycles. The van der Waals surface area contributed by atoms with Crippen molar-refractivity contribution in [2.24, 2.45) is 5.92 Å². The molecule has 0 saturated heterocycles. The lowest BCUT2D eigenvalue weighted by Gasteiger charge is -2.16. The Labute approximate surface area is 125 Å².